The summed E-state index contributed by atoms with van der Waals surface area (Å²) >= 11 is 0. The number of ether oxygens (including phenoxy) is 2. The average molecular weight is 878 g/mol. The first kappa shape index (κ1) is 42.1. The highest BCUT2D eigenvalue weighted by Gasteiger charge is 2.57. The molecule has 65 heavy (non-hydrogen) atoms. The van der Waals surface area contributed by atoms with E-state index in [0.29, 0.717) is 11.8 Å². The first-order chi connectivity index (χ1) is 31.4. The van der Waals surface area contributed by atoms with Crippen molar-refractivity contribution in [3.05, 3.63) is 97.0 Å². The van der Waals surface area contributed by atoms with E-state index in [1.807, 2.05) is 56.1 Å². The molecule has 10 rings (SSSR count). The van der Waals surface area contributed by atoms with Crippen molar-refractivity contribution >= 4 is 34.9 Å². The molecular formula is C50H55N9O6. The maximum absolute atomic E-state index is 13.9. The Morgan fingerprint density at radius 1 is 0.600 bits per heavy atom. The normalized spacial score (nSPS) is 22.7. The molecule has 2 aliphatic carbocycles. The summed E-state index contributed by atoms with van der Waals surface area (Å²) < 4.78 is 9.63. The standard InChI is InChI=1S/C50H55N9O6/c1-25(2)42(56-49(62)64-5)47(60)58-38-19-31(38)21-40(58)45-52-23-36(54-45)29-11-7-27(8-12-29)33-15-16-34(44-35(33)17-18-51-44)28-9-13-30(14-10-28)37-24-53-46(55-37)41-22-32-20-39(32)59(41)48(61)43(26(3)4)57-50(63)65-6/h7-18,23-26,31-32,38-43,51H,19-22H2,1-6H3,(H,52,54)(H,53,55)(H,56,62)(H,57,63)/t31-,32-,38-,39-,40+,41+,42+,43+/m1/s1. The minimum Gasteiger partial charge on any atom is -0.453 e. The molecule has 4 fully saturated rings. The summed E-state index contributed by atoms with van der Waals surface area (Å²) in [6.45, 7) is 7.70. The molecule has 4 aliphatic rings. The SMILES string of the molecule is COC(=O)N[C@H](C(=O)N1[C@@H]2C[C@@H]2C[C@H]1c1ncc(-c2ccc(-c3ccc(-c4ccc(-c5cnc([C@@H]6C[C@H]7C[C@H]7N6C(=O)[C@@H](NC(=O)OC)C(C)C)[nH]5)cc4)c4[nH]ccc34)cc2)[nH]1)C(C)C. The van der Waals surface area contributed by atoms with Crippen molar-refractivity contribution in [2.24, 2.45) is 23.7 Å². The maximum Gasteiger partial charge on any atom is 0.407 e. The summed E-state index contributed by atoms with van der Waals surface area (Å²) in [5.41, 5.74) is 9.13. The molecule has 15 nitrogen and oxygen atoms in total. The number of imidazole rings is 2. The van der Waals surface area contributed by atoms with Crippen molar-refractivity contribution < 1.29 is 28.7 Å². The van der Waals surface area contributed by atoms with E-state index >= 15 is 0 Å². The minimum absolute atomic E-state index is 0.0991. The number of carbonyl (C=O) groups excluding carboxylic acids is 4. The number of nitrogens with one attached hydrogen (secondary N) is 5. The third-order valence-corrected chi connectivity index (χ3v) is 14.1. The summed E-state index contributed by atoms with van der Waals surface area (Å²) in [4.78, 5) is 75.9. The number of alkyl carbamates (subject to hydrolysis) is 2. The largest absolute Gasteiger partial charge is 0.453 e. The average Bonchev–Trinajstić information content (AvgIpc) is 3.77. The van der Waals surface area contributed by atoms with Crippen LogP contribution in [0.1, 0.15) is 77.1 Å². The molecule has 2 saturated carbocycles. The Morgan fingerprint density at radius 3 is 1.48 bits per heavy atom. The third kappa shape index (κ3) is 7.69. The second-order valence-corrected chi connectivity index (χ2v) is 18.8. The Labute approximate surface area is 377 Å². The molecule has 2 aliphatic heterocycles. The number of rotatable bonds is 12. The van der Waals surface area contributed by atoms with Gasteiger partial charge in [0.15, 0.2) is 0 Å². The van der Waals surface area contributed by atoms with Crippen molar-refractivity contribution in [2.75, 3.05) is 14.2 Å². The van der Waals surface area contributed by atoms with Gasteiger partial charge in [-0.3, -0.25) is 9.59 Å². The van der Waals surface area contributed by atoms with Gasteiger partial charge in [-0.05, 0) is 83.2 Å². The van der Waals surface area contributed by atoms with Crippen LogP contribution in [0, 0.1) is 23.7 Å². The number of piperidine rings is 2. The molecule has 2 saturated heterocycles. The minimum atomic E-state index is -0.682. The number of likely N-dealkylation sites (tertiary alicyclic amines) is 2. The van der Waals surface area contributed by atoms with Crippen LogP contribution in [0.3, 0.4) is 0 Å². The second-order valence-electron chi connectivity index (χ2n) is 18.8. The quantitative estimate of drug-likeness (QED) is 0.0810. The number of hydrogen-bond acceptors (Lipinski definition) is 8. The Kier molecular flexibility index (Phi) is 10.7. The van der Waals surface area contributed by atoms with E-state index in [-0.39, 0.29) is 47.8 Å². The van der Waals surface area contributed by atoms with Gasteiger partial charge in [0.05, 0.1) is 55.6 Å². The van der Waals surface area contributed by atoms with Crippen LogP contribution in [0.15, 0.2) is 85.3 Å². The van der Waals surface area contributed by atoms with Crippen molar-refractivity contribution in [1.82, 2.24) is 45.4 Å². The highest BCUT2D eigenvalue weighted by Crippen LogP contribution is 2.54. The molecule has 0 spiro atoms. The number of aromatic nitrogens is 5. The van der Waals surface area contributed by atoms with Crippen molar-refractivity contribution in [3.63, 3.8) is 0 Å². The Bertz CT molecular complexity index is 2590. The molecule has 8 atom stereocenters. The number of hydrogen-bond donors (Lipinski definition) is 5. The van der Waals surface area contributed by atoms with Gasteiger partial charge < -0.3 is 44.9 Å². The fourth-order valence-electron chi connectivity index (χ4n) is 10.4. The van der Waals surface area contributed by atoms with E-state index in [1.165, 1.54) is 14.2 Å². The molecule has 6 aromatic rings. The lowest BCUT2D eigenvalue weighted by atomic mass is 9.95. The van der Waals surface area contributed by atoms with Gasteiger partial charge in [0.25, 0.3) is 0 Å². The molecule has 0 unspecified atom stereocenters. The predicted octanol–water partition coefficient (Wildman–Crippen LogP) is 8.37. The van der Waals surface area contributed by atoms with Crippen molar-refractivity contribution in [2.45, 2.75) is 89.6 Å². The van der Waals surface area contributed by atoms with Gasteiger partial charge in [0, 0.05) is 29.2 Å². The number of amides is 4. The monoisotopic (exact) mass is 877 g/mol. The number of aromatic amines is 3. The number of nitrogens with zero attached hydrogens (tertiary/aromatic N) is 4. The summed E-state index contributed by atoms with van der Waals surface area (Å²) in [5.74, 6) is 1.99. The smallest absolute Gasteiger partial charge is 0.407 e. The molecule has 4 amide bonds. The number of carbonyl (C=O) groups is 4. The zero-order valence-corrected chi connectivity index (χ0v) is 37.4. The van der Waals surface area contributed by atoms with Crippen LogP contribution < -0.4 is 10.6 Å². The fraction of sp³-hybridized carbons (Fsp3) is 0.400. The Morgan fingerprint density at radius 2 is 1.03 bits per heavy atom. The second kappa shape index (κ2) is 16.6. The molecule has 3 aromatic carbocycles. The van der Waals surface area contributed by atoms with E-state index in [9.17, 15) is 19.2 Å². The molecule has 336 valence electrons. The third-order valence-electron chi connectivity index (χ3n) is 14.1. The van der Waals surface area contributed by atoms with E-state index in [4.69, 9.17) is 19.4 Å². The van der Waals surface area contributed by atoms with Gasteiger partial charge in [-0.15, -0.1) is 0 Å². The summed E-state index contributed by atoms with van der Waals surface area (Å²) in [6.07, 6.45) is 8.06. The van der Waals surface area contributed by atoms with Gasteiger partial charge in [-0.2, -0.15) is 0 Å². The molecule has 5 heterocycles. The summed E-state index contributed by atoms with van der Waals surface area (Å²) in [5, 5.41) is 6.61. The van der Waals surface area contributed by atoms with Crippen LogP contribution in [0.2, 0.25) is 0 Å². The van der Waals surface area contributed by atoms with E-state index < -0.39 is 24.3 Å². The lowest BCUT2D eigenvalue weighted by Gasteiger charge is -2.31. The van der Waals surface area contributed by atoms with Crippen LogP contribution in [0.25, 0.3) is 55.7 Å². The van der Waals surface area contributed by atoms with E-state index in [0.717, 1.165) is 93.0 Å². The predicted molar refractivity (Wildman–Crippen MR) is 245 cm³/mol. The Balaban J connectivity index is 0.832. The molecule has 15 heteroatoms. The summed E-state index contributed by atoms with van der Waals surface area (Å²) in [6, 6.07) is 21.9. The van der Waals surface area contributed by atoms with Gasteiger partial charge in [-0.1, -0.05) is 88.4 Å². The highest BCUT2D eigenvalue weighted by molar-refractivity contribution is 6.03. The van der Waals surface area contributed by atoms with E-state index in [1.54, 1.807) is 0 Å². The first-order valence-electron chi connectivity index (χ1n) is 22.7. The maximum atomic E-state index is 13.9. The van der Waals surface area contributed by atoms with E-state index in [2.05, 4.69) is 92.3 Å². The van der Waals surface area contributed by atoms with Crippen LogP contribution >= 0.6 is 0 Å². The number of methoxy groups -OCH3 is 2. The van der Waals surface area contributed by atoms with Gasteiger partial charge in [0.1, 0.15) is 23.7 Å². The fourth-order valence-corrected chi connectivity index (χ4v) is 10.4. The number of benzene rings is 3. The molecular weight excluding hydrogens is 823 g/mol. The lowest BCUT2D eigenvalue weighted by Crippen LogP contribution is -2.52. The number of fused-ring (bicyclic) bond motifs is 3. The molecule has 3 aromatic heterocycles. The Hall–Kier alpha value is -6.90. The van der Waals surface area contributed by atoms with Gasteiger partial charge in [0.2, 0.25) is 11.8 Å². The van der Waals surface area contributed by atoms with Gasteiger partial charge >= 0.3 is 12.2 Å². The number of H-pyrrole nitrogens is 3. The highest BCUT2D eigenvalue weighted by atomic mass is 16.5. The zero-order chi connectivity index (χ0) is 45.3. The van der Waals surface area contributed by atoms with Crippen LogP contribution in [-0.4, -0.2) is 97.1 Å². The zero-order valence-electron chi connectivity index (χ0n) is 37.4. The summed E-state index contributed by atoms with van der Waals surface area (Å²) in [7, 11) is 2.61. The van der Waals surface area contributed by atoms with Crippen LogP contribution in [0.5, 0.6) is 0 Å². The first-order valence-corrected chi connectivity index (χ1v) is 22.7. The van der Waals surface area contributed by atoms with Gasteiger partial charge in [-0.25, -0.2) is 19.6 Å². The molecule has 0 radical (unpaired) electrons. The molecule has 0 bridgehead atoms. The van der Waals surface area contributed by atoms with Crippen LogP contribution in [-0.2, 0) is 19.1 Å². The lowest BCUT2D eigenvalue weighted by molar-refractivity contribution is -0.137. The topological polar surface area (TPSA) is 190 Å². The van der Waals surface area contributed by atoms with Crippen molar-refractivity contribution in [3.8, 4) is 44.8 Å². The molecule has 5 N–H and O–H groups in total. The van der Waals surface area contributed by atoms with Crippen molar-refractivity contribution in [1.29, 1.82) is 0 Å². The van der Waals surface area contributed by atoms with Crippen LogP contribution in [0.4, 0.5) is 9.59 Å².